The third kappa shape index (κ3) is 3.25. The zero-order chi connectivity index (χ0) is 13.0. The van der Waals surface area contributed by atoms with Gasteiger partial charge in [-0.15, -0.1) is 16.3 Å². The maximum Gasteiger partial charge on any atom is 0.555 e. The molecule has 0 N–H and O–H groups in total. The molecule has 1 atom stereocenters. The summed E-state index contributed by atoms with van der Waals surface area (Å²) in [7, 11) is -0.898. The normalized spacial score (nSPS) is 11.4. The Morgan fingerprint density at radius 2 is 2.18 bits per heavy atom. The van der Waals surface area contributed by atoms with Gasteiger partial charge in [0.2, 0.25) is 0 Å². The van der Waals surface area contributed by atoms with Gasteiger partial charge in [0.15, 0.2) is 0 Å². The summed E-state index contributed by atoms with van der Waals surface area (Å²) in [5.74, 6) is 0.849. The van der Waals surface area contributed by atoms with Gasteiger partial charge in [0.25, 0.3) is 0 Å². The number of nitrogens with zero attached hydrogens (tertiary/aromatic N) is 1. The maximum absolute atomic E-state index is 11.6. The molecule has 0 saturated carbocycles. The first-order valence-corrected chi connectivity index (χ1v) is 7.10. The van der Waals surface area contributed by atoms with Crippen LogP contribution in [0.5, 0.6) is 0 Å². The Hall–Kier alpha value is -0.970. The molecule has 0 aliphatic heterocycles. The molecule has 0 bridgehead atoms. The van der Waals surface area contributed by atoms with Crippen molar-refractivity contribution in [1.29, 1.82) is 0 Å². The molecular formula is C10H13NO4PS+. The standard InChI is InChI=1S/C10H13NO4PS/c1-4-17-10-6-9(16(14)15-3)8(11(12)13)5-7(10)2/h5-6H,4H2,1-3H3/q+1. The molecule has 0 amide bonds. The summed E-state index contributed by atoms with van der Waals surface area (Å²) < 4.78 is 16.3. The fraction of sp³-hybridized carbons (Fsp3) is 0.400. The highest BCUT2D eigenvalue weighted by Gasteiger charge is 2.33. The minimum atomic E-state index is -2.17. The van der Waals surface area contributed by atoms with Crippen LogP contribution in [0.25, 0.3) is 0 Å². The molecule has 0 spiro atoms. The lowest BCUT2D eigenvalue weighted by molar-refractivity contribution is -0.383. The van der Waals surface area contributed by atoms with Crippen molar-refractivity contribution >= 4 is 30.8 Å². The van der Waals surface area contributed by atoms with Crippen molar-refractivity contribution in [3.05, 3.63) is 27.8 Å². The van der Waals surface area contributed by atoms with Crippen LogP contribution < -0.4 is 5.30 Å². The molecule has 1 aromatic rings. The van der Waals surface area contributed by atoms with Crippen LogP contribution in [0.1, 0.15) is 12.5 Å². The molecule has 0 radical (unpaired) electrons. The van der Waals surface area contributed by atoms with Crippen molar-refractivity contribution < 1.29 is 14.0 Å². The Morgan fingerprint density at radius 1 is 1.53 bits per heavy atom. The molecule has 0 heterocycles. The van der Waals surface area contributed by atoms with Gasteiger partial charge in [0.1, 0.15) is 0 Å². The predicted molar refractivity (Wildman–Crippen MR) is 68.5 cm³/mol. The van der Waals surface area contributed by atoms with Crippen LogP contribution in [0.4, 0.5) is 5.69 Å². The summed E-state index contributed by atoms with van der Waals surface area (Å²) in [6.45, 7) is 3.79. The highest BCUT2D eigenvalue weighted by Crippen LogP contribution is 2.32. The largest absolute Gasteiger partial charge is 0.555 e. The molecule has 0 fully saturated rings. The van der Waals surface area contributed by atoms with E-state index in [4.69, 9.17) is 4.52 Å². The number of thioether (sulfide) groups is 1. The van der Waals surface area contributed by atoms with Gasteiger partial charge in [-0.2, -0.15) is 0 Å². The third-order valence-electron chi connectivity index (χ3n) is 2.13. The highest BCUT2D eigenvalue weighted by molar-refractivity contribution is 7.99. The monoisotopic (exact) mass is 274 g/mol. The Labute approximate surface area is 105 Å². The first-order valence-electron chi connectivity index (χ1n) is 4.94. The topological polar surface area (TPSA) is 69.4 Å². The van der Waals surface area contributed by atoms with Crippen LogP contribution in [-0.4, -0.2) is 17.8 Å². The predicted octanol–water partition coefficient (Wildman–Crippen LogP) is 3.03. The molecular weight excluding hydrogens is 261 g/mol. The van der Waals surface area contributed by atoms with Gasteiger partial charge in [0.05, 0.1) is 12.0 Å². The van der Waals surface area contributed by atoms with Gasteiger partial charge in [-0.1, -0.05) is 6.92 Å². The fourth-order valence-electron chi connectivity index (χ4n) is 1.36. The molecule has 5 nitrogen and oxygen atoms in total. The minimum Gasteiger partial charge on any atom is -0.258 e. The van der Waals surface area contributed by atoms with Crippen molar-refractivity contribution in [3.63, 3.8) is 0 Å². The second-order valence-electron chi connectivity index (χ2n) is 3.24. The number of aryl methyl sites for hydroxylation is 1. The lowest BCUT2D eigenvalue weighted by atomic mass is 10.2. The molecule has 1 unspecified atom stereocenters. The number of rotatable bonds is 5. The molecule has 92 valence electrons. The van der Waals surface area contributed by atoms with Crippen LogP contribution in [0.2, 0.25) is 0 Å². The number of benzene rings is 1. The van der Waals surface area contributed by atoms with Gasteiger partial charge in [-0.25, -0.2) is 0 Å². The molecule has 0 aromatic heterocycles. The second-order valence-corrected chi connectivity index (χ2v) is 5.90. The summed E-state index contributed by atoms with van der Waals surface area (Å²) in [5.41, 5.74) is 0.665. The Morgan fingerprint density at radius 3 is 2.65 bits per heavy atom. The highest BCUT2D eigenvalue weighted by atomic mass is 32.2. The molecule has 7 heteroatoms. The quantitative estimate of drug-likeness (QED) is 0.357. The van der Waals surface area contributed by atoms with E-state index in [1.54, 1.807) is 24.8 Å². The summed E-state index contributed by atoms with van der Waals surface area (Å²) in [4.78, 5) is 11.2. The lowest BCUT2D eigenvalue weighted by Gasteiger charge is -2.03. The average Bonchev–Trinajstić information content (AvgIpc) is 2.30. The van der Waals surface area contributed by atoms with Crippen LogP contribution in [0, 0.1) is 17.0 Å². The summed E-state index contributed by atoms with van der Waals surface area (Å²) in [6.07, 6.45) is 0. The van der Waals surface area contributed by atoms with E-state index >= 15 is 0 Å². The van der Waals surface area contributed by atoms with E-state index in [1.807, 2.05) is 6.92 Å². The van der Waals surface area contributed by atoms with Crippen LogP contribution in [0.3, 0.4) is 0 Å². The van der Waals surface area contributed by atoms with Crippen LogP contribution in [-0.2, 0) is 9.09 Å². The molecule has 0 saturated heterocycles. The third-order valence-corrected chi connectivity index (χ3v) is 4.25. The number of hydrogen-bond acceptors (Lipinski definition) is 5. The van der Waals surface area contributed by atoms with Gasteiger partial charge in [0, 0.05) is 17.0 Å². The fourth-order valence-corrected chi connectivity index (χ4v) is 3.01. The number of nitro benzene ring substituents is 1. The Balaban J connectivity index is 3.36. The van der Waals surface area contributed by atoms with E-state index in [-0.39, 0.29) is 11.0 Å². The van der Waals surface area contributed by atoms with E-state index in [0.717, 1.165) is 16.2 Å². The first kappa shape index (κ1) is 14.1. The van der Waals surface area contributed by atoms with E-state index in [0.29, 0.717) is 0 Å². The molecule has 0 aliphatic rings. The number of hydrogen-bond donors (Lipinski definition) is 0. The lowest BCUT2D eigenvalue weighted by Crippen LogP contribution is -2.07. The van der Waals surface area contributed by atoms with Gasteiger partial charge in [-0.05, 0) is 22.8 Å². The van der Waals surface area contributed by atoms with Gasteiger partial charge >= 0.3 is 19.0 Å². The van der Waals surface area contributed by atoms with Gasteiger partial charge in [-0.3, -0.25) is 10.1 Å². The molecule has 1 aromatic carbocycles. The van der Waals surface area contributed by atoms with Gasteiger partial charge < -0.3 is 0 Å². The van der Waals surface area contributed by atoms with Crippen LogP contribution >= 0.6 is 19.8 Å². The second kappa shape index (κ2) is 6.10. The Bertz CT molecular complexity index is 464. The zero-order valence-corrected chi connectivity index (χ0v) is 11.5. The van der Waals surface area contributed by atoms with E-state index in [9.17, 15) is 14.7 Å². The summed E-state index contributed by atoms with van der Waals surface area (Å²) in [5, 5.41) is 11.0. The SMILES string of the molecule is CCSc1cc([P+](=O)OC)c([N+](=O)[O-])cc1C. The minimum absolute atomic E-state index is 0.147. The van der Waals surface area contributed by atoms with E-state index in [1.165, 1.54) is 13.2 Å². The zero-order valence-electron chi connectivity index (χ0n) is 9.80. The van der Waals surface area contributed by atoms with Crippen molar-refractivity contribution in [2.45, 2.75) is 18.7 Å². The first-order chi connectivity index (χ1) is 8.01. The summed E-state index contributed by atoms with van der Waals surface area (Å²) in [6, 6.07) is 3.03. The average molecular weight is 274 g/mol. The van der Waals surface area contributed by atoms with Crippen molar-refractivity contribution in [2.75, 3.05) is 12.9 Å². The molecule has 1 rings (SSSR count). The van der Waals surface area contributed by atoms with Crippen LogP contribution in [0.15, 0.2) is 17.0 Å². The maximum atomic E-state index is 11.6. The summed E-state index contributed by atoms with van der Waals surface area (Å²) >= 11 is 1.56. The van der Waals surface area contributed by atoms with E-state index in [2.05, 4.69) is 0 Å². The van der Waals surface area contributed by atoms with Crippen molar-refractivity contribution in [2.24, 2.45) is 0 Å². The molecule has 17 heavy (non-hydrogen) atoms. The van der Waals surface area contributed by atoms with E-state index < -0.39 is 13.0 Å². The van der Waals surface area contributed by atoms with Crippen molar-refractivity contribution in [1.82, 2.24) is 0 Å². The smallest absolute Gasteiger partial charge is 0.258 e. The number of nitro groups is 1. The van der Waals surface area contributed by atoms with Crippen molar-refractivity contribution in [3.8, 4) is 0 Å². The molecule has 0 aliphatic carbocycles. The Kier molecular flexibility index (Phi) is 5.05.